The molecule has 15 heavy (non-hydrogen) atoms. The van der Waals surface area contributed by atoms with Crippen molar-refractivity contribution in [3.63, 3.8) is 0 Å². The van der Waals surface area contributed by atoms with E-state index in [1.165, 1.54) is 5.56 Å². The molecule has 0 radical (unpaired) electrons. The second-order valence-electron chi connectivity index (χ2n) is 3.98. The first kappa shape index (κ1) is 8.53. The van der Waals surface area contributed by atoms with E-state index in [1.807, 2.05) is 12.1 Å². The van der Waals surface area contributed by atoms with Crippen molar-refractivity contribution in [2.75, 3.05) is 6.54 Å². The van der Waals surface area contributed by atoms with Crippen LogP contribution in [0.4, 0.5) is 0 Å². The first-order valence-electron chi connectivity index (χ1n) is 5.16. The molecule has 0 atom stereocenters. The summed E-state index contributed by atoms with van der Waals surface area (Å²) in [4.78, 5) is 15.1. The average Bonchev–Trinajstić information content (AvgIpc) is 2.59. The Balaban J connectivity index is 2.41. The van der Waals surface area contributed by atoms with Gasteiger partial charge in [-0.05, 0) is 12.5 Å². The Labute approximate surface area is 87.5 Å². The van der Waals surface area contributed by atoms with Gasteiger partial charge in [-0.1, -0.05) is 18.2 Å². The number of carbonyl (C=O) groups excluding carboxylic acids is 1. The fourth-order valence-electron chi connectivity index (χ4n) is 2.25. The molecule has 2 heterocycles. The van der Waals surface area contributed by atoms with Gasteiger partial charge in [0.15, 0.2) is 0 Å². The summed E-state index contributed by atoms with van der Waals surface area (Å²) in [6.07, 6.45) is 0.898. The lowest BCUT2D eigenvalue weighted by Gasteiger charge is -2.11. The Morgan fingerprint density at radius 2 is 2.20 bits per heavy atom. The molecule has 3 nitrogen and oxygen atoms in total. The Kier molecular flexibility index (Phi) is 1.63. The van der Waals surface area contributed by atoms with Crippen LogP contribution in [0.5, 0.6) is 0 Å². The first-order chi connectivity index (χ1) is 7.27. The average molecular weight is 200 g/mol. The zero-order valence-corrected chi connectivity index (χ0v) is 8.55. The number of hydrogen-bond donors (Lipinski definition) is 2. The summed E-state index contributed by atoms with van der Waals surface area (Å²) in [6.45, 7) is 2.79. The molecular weight excluding hydrogens is 188 g/mol. The van der Waals surface area contributed by atoms with Gasteiger partial charge in [-0.15, -0.1) is 0 Å². The summed E-state index contributed by atoms with van der Waals surface area (Å²) in [5, 5.41) is 3.92. The summed E-state index contributed by atoms with van der Waals surface area (Å²) in [5.74, 6) is 0.0492. The highest BCUT2D eigenvalue weighted by atomic mass is 16.1. The molecule has 0 aliphatic carbocycles. The number of benzene rings is 1. The quantitative estimate of drug-likeness (QED) is 0.668. The number of aryl methyl sites for hydroxylation is 1. The summed E-state index contributed by atoms with van der Waals surface area (Å²) >= 11 is 0. The number of H-pyrrole nitrogens is 1. The van der Waals surface area contributed by atoms with E-state index in [1.54, 1.807) is 0 Å². The molecule has 2 aromatic rings. The lowest BCUT2D eigenvalue weighted by Crippen LogP contribution is -2.31. The number of carbonyl (C=O) groups is 1. The molecule has 3 heteroatoms. The smallest absolute Gasteiger partial charge is 0.253 e. The van der Waals surface area contributed by atoms with E-state index in [0.29, 0.717) is 0 Å². The van der Waals surface area contributed by atoms with Gasteiger partial charge in [0.1, 0.15) is 0 Å². The van der Waals surface area contributed by atoms with Gasteiger partial charge in [0, 0.05) is 29.6 Å². The topological polar surface area (TPSA) is 44.9 Å². The van der Waals surface area contributed by atoms with E-state index in [2.05, 4.69) is 23.3 Å². The first-order valence-corrected chi connectivity index (χ1v) is 5.16. The Morgan fingerprint density at radius 1 is 1.33 bits per heavy atom. The molecule has 0 fully saturated rings. The van der Waals surface area contributed by atoms with Crippen molar-refractivity contribution in [1.29, 1.82) is 0 Å². The van der Waals surface area contributed by atoms with Crippen molar-refractivity contribution in [2.24, 2.45) is 0 Å². The summed E-state index contributed by atoms with van der Waals surface area (Å²) in [5.41, 5.74) is 4.19. The number of nitrogens with one attached hydrogen (secondary N) is 2. The number of hydrogen-bond acceptors (Lipinski definition) is 1. The second kappa shape index (κ2) is 2.86. The fraction of sp³-hybridized carbons (Fsp3) is 0.250. The Bertz CT molecular complexity index is 554. The highest BCUT2D eigenvalue weighted by molar-refractivity contribution is 6.09. The maximum Gasteiger partial charge on any atom is 0.253 e. The van der Waals surface area contributed by atoms with Crippen molar-refractivity contribution in [3.05, 3.63) is 35.0 Å². The Hall–Kier alpha value is -1.77. The number of amides is 1. The van der Waals surface area contributed by atoms with Gasteiger partial charge in [-0.25, -0.2) is 0 Å². The number of rotatable bonds is 0. The molecule has 0 bridgehead atoms. The van der Waals surface area contributed by atoms with E-state index in [4.69, 9.17) is 0 Å². The third kappa shape index (κ3) is 1.09. The predicted molar refractivity (Wildman–Crippen MR) is 59.1 cm³/mol. The van der Waals surface area contributed by atoms with Gasteiger partial charge in [0.05, 0.1) is 5.56 Å². The van der Waals surface area contributed by atoms with Crippen LogP contribution in [-0.4, -0.2) is 17.4 Å². The molecule has 1 amide bonds. The lowest BCUT2D eigenvalue weighted by atomic mass is 10.0. The molecule has 1 aromatic heterocycles. The van der Waals surface area contributed by atoms with Crippen molar-refractivity contribution in [2.45, 2.75) is 13.3 Å². The van der Waals surface area contributed by atoms with Crippen molar-refractivity contribution in [1.82, 2.24) is 10.3 Å². The number of aromatic amines is 1. The Morgan fingerprint density at radius 3 is 3.07 bits per heavy atom. The zero-order chi connectivity index (χ0) is 10.4. The molecule has 0 unspecified atom stereocenters. The summed E-state index contributed by atoms with van der Waals surface area (Å²) in [6, 6.07) is 6.05. The van der Waals surface area contributed by atoms with Crippen LogP contribution in [0.15, 0.2) is 18.2 Å². The maximum absolute atomic E-state index is 11.7. The number of aromatic nitrogens is 1. The lowest BCUT2D eigenvalue weighted by molar-refractivity contribution is 0.0947. The van der Waals surface area contributed by atoms with Gasteiger partial charge in [-0.2, -0.15) is 0 Å². The van der Waals surface area contributed by atoms with Crippen LogP contribution in [0.2, 0.25) is 0 Å². The monoisotopic (exact) mass is 200 g/mol. The molecule has 2 N–H and O–H groups in total. The SMILES string of the molecule is Cc1cccc2c3c([nH]c12)CCNC3=O. The number of para-hydroxylation sites is 1. The standard InChI is InChI=1S/C12H12N2O/c1-7-3-2-4-8-10-9(14-11(7)8)5-6-13-12(10)15/h2-4,14H,5-6H2,1H3,(H,13,15). The summed E-state index contributed by atoms with van der Waals surface area (Å²) in [7, 11) is 0. The molecule has 0 saturated heterocycles. The minimum absolute atomic E-state index is 0.0492. The van der Waals surface area contributed by atoms with Crippen LogP contribution in [0.3, 0.4) is 0 Å². The number of fused-ring (bicyclic) bond motifs is 3. The van der Waals surface area contributed by atoms with Gasteiger partial charge in [0.25, 0.3) is 5.91 Å². The van der Waals surface area contributed by atoms with Crippen LogP contribution in [0.25, 0.3) is 10.9 Å². The maximum atomic E-state index is 11.7. The van der Waals surface area contributed by atoms with Crippen LogP contribution in [-0.2, 0) is 6.42 Å². The van der Waals surface area contributed by atoms with Gasteiger partial charge in [-0.3, -0.25) is 4.79 Å². The van der Waals surface area contributed by atoms with Crippen LogP contribution in [0, 0.1) is 6.92 Å². The van der Waals surface area contributed by atoms with E-state index < -0.39 is 0 Å². The minimum atomic E-state index is 0.0492. The largest absolute Gasteiger partial charge is 0.357 e. The molecule has 1 aliphatic rings. The fourth-order valence-corrected chi connectivity index (χ4v) is 2.25. The van der Waals surface area contributed by atoms with E-state index >= 15 is 0 Å². The van der Waals surface area contributed by atoms with E-state index in [0.717, 1.165) is 35.1 Å². The van der Waals surface area contributed by atoms with Crippen molar-refractivity contribution < 1.29 is 4.79 Å². The third-order valence-corrected chi connectivity index (χ3v) is 3.01. The van der Waals surface area contributed by atoms with Crippen molar-refractivity contribution in [3.8, 4) is 0 Å². The molecule has 0 saturated carbocycles. The van der Waals surface area contributed by atoms with Crippen LogP contribution >= 0.6 is 0 Å². The predicted octanol–water partition coefficient (Wildman–Crippen LogP) is 1.76. The molecule has 76 valence electrons. The van der Waals surface area contributed by atoms with Crippen LogP contribution < -0.4 is 5.32 Å². The van der Waals surface area contributed by atoms with E-state index in [-0.39, 0.29) is 5.91 Å². The second-order valence-corrected chi connectivity index (χ2v) is 3.98. The molecule has 1 aromatic carbocycles. The van der Waals surface area contributed by atoms with Gasteiger partial charge in [0.2, 0.25) is 0 Å². The highest BCUT2D eigenvalue weighted by Crippen LogP contribution is 2.26. The summed E-state index contributed by atoms with van der Waals surface area (Å²) < 4.78 is 0. The van der Waals surface area contributed by atoms with Gasteiger partial charge >= 0.3 is 0 Å². The normalized spacial score (nSPS) is 15.1. The highest BCUT2D eigenvalue weighted by Gasteiger charge is 2.21. The zero-order valence-electron chi connectivity index (χ0n) is 8.55. The minimum Gasteiger partial charge on any atom is -0.357 e. The molecule has 3 rings (SSSR count). The third-order valence-electron chi connectivity index (χ3n) is 3.01. The van der Waals surface area contributed by atoms with Crippen molar-refractivity contribution >= 4 is 16.8 Å². The molecule has 0 spiro atoms. The molecule has 1 aliphatic heterocycles. The van der Waals surface area contributed by atoms with Gasteiger partial charge < -0.3 is 10.3 Å². The van der Waals surface area contributed by atoms with E-state index in [9.17, 15) is 4.79 Å². The molecular formula is C12H12N2O. The van der Waals surface area contributed by atoms with Crippen LogP contribution in [0.1, 0.15) is 21.6 Å².